The molecular formula is C19H22N2O4S. The summed E-state index contributed by atoms with van der Waals surface area (Å²) >= 11 is 1.62. The predicted octanol–water partition coefficient (Wildman–Crippen LogP) is 2.59. The van der Waals surface area contributed by atoms with Gasteiger partial charge in [0.15, 0.2) is 5.76 Å². The summed E-state index contributed by atoms with van der Waals surface area (Å²) in [5.41, 5.74) is -0.674. The Bertz CT molecular complexity index is 800. The van der Waals surface area contributed by atoms with Gasteiger partial charge < -0.3 is 19.4 Å². The first-order valence-electron chi connectivity index (χ1n) is 8.86. The van der Waals surface area contributed by atoms with E-state index in [9.17, 15) is 9.59 Å². The molecule has 2 aliphatic heterocycles. The van der Waals surface area contributed by atoms with Crippen LogP contribution < -0.4 is 5.32 Å². The Morgan fingerprint density at radius 1 is 1.38 bits per heavy atom. The number of thiophene rings is 1. The van der Waals surface area contributed by atoms with Crippen LogP contribution in [0.25, 0.3) is 0 Å². The summed E-state index contributed by atoms with van der Waals surface area (Å²) in [5.74, 6) is 0.847. The lowest BCUT2D eigenvalue weighted by Gasteiger charge is -2.42. The highest BCUT2D eigenvalue weighted by Crippen LogP contribution is 2.41. The number of nitrogens with zero attached hydrogens (tertiary/aromatic N) is 1. The summed E-state index contributed by atoms with van der Waals surface area (Å²) < 4.78 is 11.3. The van der Waals surface area contributed by atoms with Crippen molar-refractivity contribution in [3.8, 4) is 0 Å². The van der Waals surface area contributed by atoms with E-state index in [2.05, 4.69) is 5.32 Å². The highest BCUT2D eigenvalue weighted by molar-refractivity contribution is 7.09. The molecular weight excluding hydrogens is 352 g/mol. The summed E-state index contributed by atoms with van der Waals surface area (Å²) in [5, 5.41) is 5.04. The maximum absolute atomic E-state index is 13.1. The van der Waals surface area contributed by atoms with E-state index < -0.39 is 5.41 Å². The number of furan rings is 1. The molecule has 0 spiro atoms. The first-order chi connectivity index (χ1) is 12.6. The summed E-state index contributed by atoms with van der Waals surface area (Å²) in [6.07, 6.45) is 1.17. The third-order valence-electron chi connectivity index (χ3n) is 5.31. The standard InChI is InChI=1S/C19H22N2O4S/c1-13-4-5-15(25-13)17(22)21-8-6-16-19(12-21,7-9-24-16)18(23)20-11-14-3-2-10-26-14/h2-5,10,16H,6-9,11-12H2,1H3,(H,20,23)/t16-,19-/m1/s1. The number of hydrogen-bond donors (Lipinski definition) is 1. The summed E-state index contributed by atoms with van der Waals surface area (Å²) in [4.78, 5) is 28.7. The molecule has 7 heteroatoms. The number of ether oxygens (including phenoxy) is 1. The van der Waals surface area contributed by atoms with Crippen LogP contribution in [0.4, 0.5) is 0 Å². The van der Waals surface area contributed by atoms with Crippen molar-refractivity contribution in [2.24, 2.45) is 5.41 Å². The molecule has 2 fully saturated rings. The second-order valence-electron chi connectivity index (χ2n) is 6.95. The molecule has 0 aliphatic carbocycles. The summed E-state index contributed by atoms with van der Waals surface area (Å²) in [6, 6.07) is 7.44. The van der Waals surface area contributed by atoms with E-state index in [4.69, 9.17) is 9.15 Å². The zero-order valence-corrected chi connectivity index (χ0v) is 15.5. The quantitative estimate of drug-likeness (QED) is 0.893. The molecule has 0 radical (unpaired) electrons. The van der Waals surface area contributed by atoms with Crippen molar-refractivity contribution in [1.82, 2.24) is 10.2 Å². The molecule has 2 aliphatic rings. The minimum absolute atomic E-state index is 0.0264. The Morgan fingerprint density at radius 2 is 2.27 bits per heavy atom. The normalized spacial score (nSPS) is 25.1. The third-order valence-corrected chi connectivity index (χ3v) is 6.19. The number of fused-ring (bicyclic) bond motifs is 1. The van der Waals surface area contributed by atoms with Gasteiger partial charge in [-0.05, 0) is 43.3 Å². The predicted molar refractivity (Wildman–Crippen MR) is 96.9 cm³/mol. The van der Waals surface area contributed by atoms with E-state index in [1.165, 1.54) is 0 Å². The van der Waals surface area contributed by atoms with Gasteiger partial charge in [-0.3, -0.25) is 9.59 Å². The number of carbonyl (C=O) groups excluding carboxylic acids is 2. The number of nitrogens with one attached hydrogen (secondary N) is 1. The molecule has 4 rings (SSSR count). The van der Waals surface area contributed by atoms with Crippen LogP contribution in [0.2, 0.25) is 0 Å². The van der Waals surface area contributed by atoms with Crippen LogP contribution in [0.3, 0.4) is 0 Å². The Balaban J connectivity index is 1.50. The average Bonchev–Trinajstić information content (AvgIpc) is 3.39. The molecule has 1 N–H and O–H groups in total. The van der Waals surface area contributed by atoms with E-state index in [0.717, 1.165) is 4.88 Å². The fraction of sp³-hybridized carbons (Fsp3) is 0.474. The second-order valence-corrected chi connectivity index (χ2v) is 7.99. The van der Waals surface area contributed by atoms with Crippen molar-refractivity contribution < 1.29 is 18.7 Å². The molecule has 2 aromatic heterocycles. The third kappa shape index (κ3) is 3.05. The molecule has 4 heterocycles. The first-order valence-corrected chi connectivity index (χ1v) is 9.74. The maximum atomic E-state index is 13.1. The molecule has 2 amide bonds. The highest BCUT2D eigenvalue weighted by Gasteiger charge is 2.54. The van der Waals surface area contributed by atoms with Crippen molar-refractivity contribution in [3.05, 3.63) is 46.0 Å². The van der Waals surface area contributed by atoms with Gasteiger partial charge in [-0.25, -0.2) is 0 Å². The molecule has 2 atom stereocenters. The Hall–Kier alpha value is -2.12. The van der Waals surface area contributed by atoms with Crippen molar-refractivity contribution in [2.75, 3.05) is 19.7 Å². The molecule has 2 saturated heterocycles. The van der Waals surface area contributed by atoms with Crippen molar-refractivity contribution in [3.63, 3.8) is 0 Å². The molecule has 26 heavy (non-hydrogen) atoms. The number of amides is 2. The minimum atomic E-state index is -0.674. The zero-order chi connectivity index (χ0) is 18.1. The van der Waals surface area contributed by atoms with Crippen LogP contribution in [0.15, 0.2) is 34.1 Å². The van der Waals surface area contributed by atoms with Gasteiger partial charge in [-0.2, -0.15) is 0 Å². The van der Waals surface area contributed by atoms with Gasteiger partial charge in [-0.1, -0.05) is 6.07 Å². The van der Waals surface area contributed by atoms with E-state index in [-0.39, 0.29) is 17.9 Å². The zero-order valence-electron chi connectivity index (χ0n) is 14.7. The summed E-state index contributed by atoms with van der Waals surface area (Å²) in [6.45, 7) is 3.82. The molecule has 138 valence electrons. The lowest BCUT2D eigenvalue weighted by atomic mass is 9.75. The van der Waals surface area contributed by atoms with Gasteiger partial charge in [0.2, 0.25) is 5.91 Å². The van der Waals surface area contributed by atoms with Crippen LogP contribution in [0.1, 0.15) is 34.0 Å². The van der Waals surface area contributed by atoms with Gasteiger partial charge in [0.1, 0.15) is 5.76 Å². The number of likely N-dealkylation sites (tertiary alicyclic amines) is 1. The van der Waals surface area contributed by atoms with Gasteiger partial charge in [0.05, 0.1) is 18.1 Å². The largest absolute Gasteiger partial charge is 0.456 e. The van der Waals surface area contributed by atoms with Gasteiger partial charge in [-0.15, -0.1) is 11.3 Å². The lowest BCUT2D eigenvalue weighted by molar-refractivity contribution is -0.138. The molecule has 6 nitrogen and oxygen atoms in total. The van der Waals surface area contributed by atoms with Crippen LogP contribution in [0, 0.1) is 12.3 Å². The monoisotopic (exact) mass is 374 g/mol. The highest BCUT2D eigenvalue weighted by atomic mass is 32.1. The number of hydrogen-bond acceptors (Lipinski definition) is 5. The van der Waals surface area contributed by atoms with E-state index in [1.54, 1.807) is 28.4 Å². The maximum Gasteiger partial charge on any atom is 0.289 e. The van der Waals surface area contributed by atoms with E-state index >= 15 is 0 Å². The lowest BCUT2D eigenvalue weighted by Crippen LogP contribution is -2.58. The van der Waals surface area contributed by atoms with E-state index in [1.807, 2.05) is 24.4 Å². The number of rotatable bonds is 4. The molecule has 0 saturated carbocycles. The smallest absolute Gasteiger partial charge is 0.289 e. The first kappa shape index (κ1) is 17.3. The Kier molecular flexibility index (Phi) is 4.58. The summed E-state index contributed by atoms with van der Waals surface area (Å²) in [7, 11) is 0. The molecule has 0 bridgehead atoms. The fourth-order valence-electron chi connectivity index (χ4n) is 3.90. The second kappa shape index (κ2) is 6.89. The van der Waals surface area contributed by atoms with E-state index in [0.29, 0.717) is 50.6 Å². The molecule has 0 unspecified atom stereocenters. The fourth-order valence-corrected chi connectivity index (χ4v) is 4.55. The minimum Gasteiger partial charge on any atom is -0.456 e. The number of aryl methyl sites for hydroxylation is 1. The number of carbonyl (C=O) groups is 2. The number of piperidine rings is 1. The Labute approximate surface area is 156 Å². The molecule has 2 aromatic rings. The Morgan fingerprint density at radius 3 is 3.00 bits per heavy atom. The van der Waals surface area contributed by atoms with Crippen LogP contribution in [-0.2, 0) is 16.1 Å². The van der Waals surface area contributed by atoms with Crippen LogP contribution >= 0.6 is 11.3 Å². The molecule has 0 aromatic carbocycles. The van der Waals surface area contributed by atoms with Crippen LogP contribution in [0.5, 0.6) is 0 Å². The van der Waals surface area contributed by atoms with Crippen molar-refractivity contribution >= 4 is 23.2 Å². The van der Waals surface area contributed by atoms with Crippen LogP contribution in [-0.4, -0.2) is 42.5 Å². The topological polar surface area (TPSA) is 71.8 Å². The SMILES string of the molecule is Cc1ccc(C(=O)N2CC[C@H]3OCC[C@@]3(C(=O)NCc3cccs3)C2)o1. The van der Waals surface area contributed by atoms with Crippen molar-refractivity contribution in [1.29, 1.82) is 0 Å². The van der Waals surface area contributed by atoms with Gasteiger partial charge in [0, 0.05) is 24.6 Å². The van der Waals surface area contributed by atoms with Gasteiger partial charge >= 0.3 is 0 Å². The average molecular weight is 374 g/mol. The van der Waals surface area contributed by atoms with Gasteiger partial charge in [0.25, 0.3) is 5.91 Å². The van der Waals surface area contributed by atoms with Crippen molar-refractivity contribution in [2.45, 2.75) is 32.4 Å².